The van der Waals surface area contributed by atoms with Crippen molar-refractivity contribution in [1.29, 1.82) is 0 Å². The average Bonchev–Trinajstić information content (AvgIpc) is 3.52. The molecular formula is C45H36N2O. The first-order valence-electron chi connectivity index (χ1n) is 16.4. The van der Waals surface area contributed by atoms with Gasteiger partial charge in [-0.2, -0.15) is 0 Å². The summed E-state index contributed by atoms with van der Waals surface area (Å²) in [4.78, 5) is 4.59. The lowest BCUT2D eigenvalue weighted by Crippen LogP contribution is -2.19. The van der Waals surface area contributed by atoms with Crippen LogP contribution in [0.2, 0.25) is 0 Å². The minimum Gasteiger partial charge on any atom is -0.456 e. The average molecular weight is 621 g/mol. The Labute approximate surface area is 281 Å². The second-order valence-electron chi connectivity index (χ2n) is 12.7. The third-order valence-electron chi connectivity index (χ3n) is 9.36. The summed E-state index contributed by atoms with van der Waals surface area (Å²) in [6, 6.07) is 64.3. The Hall–Kier alpha value is -6.06. The third kappa shape index (κ3) is 5.40. The van der Waals surface area contributed by atoms with Crippen LogP contribution in [0.5, 0.6) is 0 Å². The van der Waals surface area contributed by atoms with Gasteiger partial charge in [-0.25, -0.2) is 0 Å². The minimum atomic E-state index is -0.202. The molecule has 0 spiro atoms. The van der Waals surface area contributed by atoms with Crippen LogP contribution < -0.4 is 9.80 Å². The van der Waals surface area contributed by atoms with E-state index in [4.69, 9.17) is 4.42 Å². The van der Waals surface area contributed by atoms with E-state index in [-0.39, 0.29) is 5.41 Å². The first kappa shape index (κ1) is 29.3. The van der Waals surface area contributed by atoms with E-state index in [2.05, 4.69) is 194 Å². The largest absolute Gasteiger partial charge is 0.456 e. The van der Waals surface area contributed by atoms with Gasteiger partial charge < -0.3 is 14.2 Å². The first-order chi connectivity index (χ1) is 23.6. The molecule has 0 saturated heterocycles. The van der Waals surface area contributed by atoms with Gasteiger partial charge in [-0.05, 0) is 90.0 Å². The molecule has 0 aliphatic carbocycles. The normalized spacial score (nSPS) is 11.5. The van der Waals surface area contributed by atoms with Crippen molar-refractivity contribution in [3.63, 3.8) is 0 Å². The van der Waals surface area contributed by atoms with Gasteiger partial charge in [0.25, 0.3) is 0 Å². The van der Waals surface area contributed by atoms with Gasteiger partial charge >= 0.3 is 0 Å². The fourth-order valence-corrected chi connectivity index (χ4v) is 6.70. The molecule has 8 rings (SSSR count). The molecule has 3 nitrogen and oxygen atoms in total. The zero-order valence-corrected chi connectivity index (χ0v) is 27.1. The van der Waals surface area contributed by atoms with Crippen LogP contribution in [0.3, 0.4) is 0 Å². The number of rotatable bonds is 8. The molecule has 0 aliphatic rings. The summed E-state index contributed by atoms with van der Waals surface area (Å²) in [5, 5.41) is 2.26. The number of para-hydroxylation sites is 4. The number of fused-ring (bicyclic) bond motifs is 3. The van der Waals surface area contributed by atoms with Gasteiger partial charge in [0.05, 0.1) is 0 Å². The Kier molecular flexibility index (Phi) is 7.51. The van der Waals surface area contributed by atoms with Gasteiger partial charge in [-0.1, -0.05) is 111 Å². The highest BCUT2D eigenvalue weighted by Crippen LogP contribution is 2.41. The smallest absolute Gasteiger partial charge is 0.137 e. The Balaban J connectivity index is 1.12. The van der Waals surface area contributed by atoms with Crippen molar-refractivity contribution in [1.82, 2.24) is 0 Å². The summed E-state index contributed by atoms with van der Waals surface area (Å²) in [7, 11) is 0. The molecule has 0 atom stereocenters. The Morgan fingerprint density at radius 2 is 0.729 bits per heavy atom. The molecule has 8 aromatic rings. The van der Waals surface area contributed by atoms with Crippen LogP contribution in [0.25, 0.3) is 21.9 Å². The summed E-state index contributed by atoms with van der Waals surface area (Å²) in [5.41, 5.74) is 10.7. The maximum Gasteiger partial charge on any atom is 0.137 e. The fourth-order valence-electron chi connectivity index (χ4n) is 6.70. The minimum absolute atomic E-state index is 0.202. The molecule has 7 aromatic carbocycles. The summed E-state index contributed by atoms with van der Waals surface area (Å²) < 4.78 is 6.27. The van der Waals surface area contributed by atoms with E-state index in [9.17, 15) is 0 Å². The van der Waals surface area contributed by atoms with E-state index in [1.54, 1.807) is 0 Å². The number of nitrogens with zero attached hydrogens (tertiary/aromatic N) is 2. The highest BCUT2D eigenvalue weighted by atomic mass is 16.3. The lowest BCUT2D eigenvalue weighted by Gasteiger charge is -2.30. The van der Waals surface area contributed by atoms with Gasteiger partial charge in [-0.3, -0.25) is 0 Å². The molecule has 0 bridgehead atoms. The highest BCUT2D eigenvalue weighted by Gasteiger charge is 2.25. The van der Waals surface area contributed by atoms with Gasteiger partial charge in [0, 0.05) is 56.4 Å². The highest BCUT2D eigenvalue weighted by molar-refractivity contribution is 6.06. The molecule has 0 fully saturated rings. The summed E-state index contributed by atoms with van der Waals surface area (Å²) in [6.45, 7) is 4.60. The number of furan rings is 1. The van der Waals surface area contributed by atoms with Crippen LogP contribution in [-0.4, -0.2) is 0 Å². The maximum atomic E-state index is 6.27. The standard InChI is InChI=1S/C45H36N2O/c1-45(2,33-22-26-38(27-23-33)46(35-14-6-3-7-15-35)36-16-8-4-9-17-36)34-24-28-39(29-25-34)47(37-18-10-5-11-19-37)40-30-31-42-41-20-12-13-21-43(41)48-44(42)32-40/h3-32H,1-2H3. The SMILES string of the molecule is CC(C)(c1ccc(N(c2ccccc2)c2ccccc2)cc1)c1ccc(N(c2ccccc2)c2ccc3c(c2)oc2ccccc23)cc1. The third-order valence-corrected chi connectivity index (χ3v) is 9.36. The lowest BCUT2D eigenvalue weighted by atomic mass is 9.78. The summed E-state index contributed by atoms with van der Waals surface area (Å²) in [6.07, 6.45) is 0. The Morgan fingerprint density at radius 3 is 1.23 bits per heavy atom. The van der Waals surface area contributed by atoms with Crippen molar-refractivity contribution in [3.05, 3.63) is 193 Å². The van der Waals surface area contributed by atoms with E-state index < -0.39 is 0 Å². The molecule has 48 heavy (non-hydrogen) atoms. The van der Waals surface area contributed by atoms with Crippen LogP contribution in [0.15, 0.2) is 186 Å². The van der Waals surface area contributed by atoms with Crippen molar-refractivity contribution in [2.45, 2.75) is 19.3 Å². The monoisotopic (exact) mass is 620 g/mol. The molecule has 0 radical (unpaired) electrons. The molecule has 3 heteroatoms. The predicted molar refractivity (Wildman–Crippen MR) is 202 cm³/mol. The number of hydrogen-bond acceptors (Lipinski definition) is 3. The van der Waals surface area contributed by atoms with Crippen molar-refractivity contribution in [3.8, 4) is 0 Å². The number of benzene rings is 7. The molecule has 0 aliphatic heterocycles. The van der Waals surface area contributed by atoms with Gasteiger partial charge in [0.2, 0.25) is 0 Å². The zero-order chi connectivity index (χ0) is 32.5. The molecule has 232 valence electrons. The molecule has 1 heterocycles. The summed E-state index contributed by atoms with van der Waals surface area (Å²) >= 11 is 0. The van der Waals surface area contributed by atoms with Crippen LogP contribution in [0.1, 0.15) is 25.0 Å². The van der Waals surface area contributed by atoms with E-state index in [0.717, 1.165) is 56.1 Å². The predicted octanol–water partition coefficient (Wildman–Crippen LogP) is 12.9. The maximum absolute atomic E-state index is 6.27. The number of anilines is 6. The van der Waals surface area contributed by atoms with E-state index in [1.165, 1.54) is 11.1 Å². The second kappa shape index (κ2) is 12.3. The number of hydrogen-bond donors (Lipinski definition) is 0. The lowest BCUT2D eigenvalue weighted by molar-refractivity contribution is 0.641. The Bertz CT molecular complexity index is 2250. The molecule has 0 amide bonds. The second-order valence-corrected chi connectivity index (χ2v) is 12.7. The fraction of sp³-hybridized carbons (Fsp3) is 0.0667. The quantitative estimate of drug-likeness (QED) is 0.168. The van der Waals surface area contributed by atoms with Gasteiger partial charge in [-0.15, -0.1) is 0 Å². The Morgan fingerprint density at radius 1 is 0.354 bits per heavy atom. The van der Waals surface area contributed by atoms with Crippen LogP contribution >= 0.6 is 0 Å². The van der Waals surface area contributed by atoms with E-state index >= 15 is 0 Å². The topological polar surface area (TPSA) is 19.6 Å². The van der Waals surface area contributed by atoms with Gasteiger partial charge in [0.15, 0.2) is 0 Å². The molecule has 0 unspecified atom stereocenters. The molecular weight excluding hydrogens is 585 g/mol. The van der Waals surface area contributed by atoms with Gasteiger partial charge in [0.1, 0.15) is 11.2 Å². The molecule has 0 saturated carbocycles. The van der Waals surface area contributed by atoms with Crippen molar-refractivity contribution < 1.29 is 4.42 Å². The van der Waals surface area contributed by atoms with Crippen molar-refractivity contribution in [2.24, 2.45) is 0 Å². The molecule has 1 aromatic heterocycles. The van der Waals surface area contributed by atoms with E-state index in [1.807, 2.05) is 12.1 Å². The zero-order valence-electron chi connectivity index (χ0n) is 27.1. The van der Waals surface area contributed by atoms with Crippen molar-refractivity contribution >= 4 is 56.1 Å². The van der Waals surface area contributed by atoms with Crippen molar-refractivity contribution in [2.75, 3.05) is 9.80 Å². The first-order valence-corrected chi connectivity index (χ1v) is 16.4. The van der Waals surface area contributed by atoms with E-state index in [0.29, 0.717) is 0 Å². The van der Waals surface area contributed by atoms with Crippen LogP contribution in [0.4, 0.5) is 34.1 Å². The van der Waals surface area contributed by atoms with Crippen LogP contribution in [-0.2, 0) is 5.41 Å². The molecule has 0 N–H and O–H groups in total. The van der Waals surface area contributed by atoms with Crippen LogP contribution in [0, 0.1) is 0 Å². The summed E-state index contributed by atoms with van der Waals surface area (Å²) in [5.74, 6) is 0.